The number of piperidine rings is 1. The number of ether oxygens (including phenoxy) is 1. The van der Waals surface area contributed by atoms with Crippen LogP contribution in [0.15, 0.2) is 24.3 Å². The number of methoxy groups -OCH3 is 1. The summed E-state index contributed by atoms with van der Waals surface area (Å²) in [6.07, 6.45) is 3.65. The van der Waals surface area contributed by atoms with Crippen molar-refractivity contribution in [2.24, 2.45) is 0 Å². The average Bonchev–Trinajstić information content (AvgIpc) is 2.61. The van der Waals surface area contributed by atoms with Gasteiger partial charge in [0.05, 0.1) is 24.5 Å². The maximum Gasteiger partial charge on any atom is 0.321 e. The topological polar surface area (TPSA) is 82.7 Å². The molecular weight excluding hydrogens is 308 g/mol. The van der Waals surface area contributed by atoms with E-state index in [4.69, 9.17) is 4.74 Å². The van der Waals surface area contributed by atoms with Crippen LogP contribution in [0.4, 0.5) is 16.2 Å². The molecule has 0 bridgehead atoms. The molecule has 1 aliphatic heterocycles. The molecule has 0 radical (unpaired) electrons. The van der Waals surface area contributed by atoms with Crippen LogP contribution >= 0.6 is 0 Å². The van der Waals surface area contributed by atoms with Gasteiger partial charge in [0.15, 0.2) is 0 Å². The van der Waals surface area contributed by atoms with Gasteiger partial charge in [0.2, 0.25) is 5.91 Å². The van der Waals surface area contributed by atoms with E-state index in [1.54, 1.807) is 7.11 Å². The minimum atomic E-state index is -0.511. The van der Waals surface area contributed by atoms with Crippen molar-refractivity contribution in [3.05, 3.63) is 24.3 Å². The molecule has 0 atom stereocenters. The van der Waals surface area contributed by atoms with E-state index in [0.29, 0.717) is 13.2 Å². The molecule has 7 nitrogen and oxygen atoms in total. The maximum absolute atomic E-state index is 11.9. The predicted molar refractivity (Wildman–Crippen MR) is 94.4 cm³/mol. The van der Waals surface area contributed by atoms with E-state index in [2.05, 4.69) is 26.9 Å². The molecular formula is C17H26N4O3. The minimum Gasteiger partial charge on any atom is -0.383 e. The highest BCUT2D eigenvalue weighted by molar-refractivity contribution is 5.96. The Morgan fingerprint density at radius 2 is 1.92 bits per heavy atom. The van der Waals surface area contributed by atoms with Gasteiger partial charge < -0.3 is 20.3 Å². The summed E-state index contributed by atoms with van der Waals surface area (Å²) in [6, 6.07) is 7.44. The van der Waals surface area contributed by atoms with Crippen molar-refractivity contribution in [1.29, 1.82) is 0 Å². The van der Waals surface area contributed by atoms with E-state index in [1.165, 1.54) is 19.3 Å². The zero-order valence-electron chi connectivity index (χ0n) is 14.1. The Bertz CT molecular complexity index is 544. The van der Waals surface area contributed by atoms with Gasteiger partial charge in [-0.2, -0.15) is 0 Å². The lowest BCUT2D eigenvalue weighted by Crippen LogP contribution is -2.43. The molecule has 1 heterocycles. The Kier molecular flexibility index (Phi) is 7.35. The molecule has 1 aromatic carbocycles. The zero-order valence-corrected chi connectivity index (χ0v) is 14.1. The molecule has 0 saturated carbocycles. The molecule has 0 spiro atoms. The Balaban J connectivity index is 1.83. The quantitative estimate of drug-likeness (QED) is 0.659. The SMILES string of the molecule is COCCNC(=O)NC(=O)CNc1ccccc1N1CCCCC1. The fourth-order valence-electron chi connectivity index (χ4n) is 2.69. The monoisotopic (exact) mass is 334 g/mol. The van der Waals surface area contributed by atoms with Crippen LogP contribution in [0.25, 0.3) is 0 Å². The molecule has 1 aromatic rings. The third-order valence-electron chi connectivity index (χ3n) is 3.88. The van der Waals surface area contributed by atoms with E-state index in [-0.39, 0.29) is 12.5 Å². The van der Waals surface area contributed by atoms with Gasteiger partial charge in [0.25, 0.3) is 0 Å². The molecule has 7 heteroatoms. The van der Waals surface area contributed by atoms with Gasteiger partial charge in [0.1, 0.15) is 0 Å². The molecule has 2 rings (SSSR count). The van der Waals surface area contributed by atoms with Crippen molar-refractivity contribution in [3.8, 4) is 0 Å². The summed E-state index contributed by atoms with van der Waals surface area (Å²) in [5.41, 5.74) is 2.02. The summed E-state index contributed by atoms with van der Waals surface area (Å²) >= 11 is 0. The summed E-state index contributed by atoms with van der Waals surface area (Å²) in [7, 11) is 1.55. The fraction of sp³-hybridized carbons (Fsp3) is 0.529. The number of benzene rings is 1. The van der Waals surface area contributed by atoms with Crippen LogP contribution in [-0.2, 0) is 9.53 Å². The molecule has 132 valence electrons. The van der Waals surface area contributed by atoms with Crippen molar-refractivity contribution >= 4 is 23.3 Å². The standard InChI is InChI=1S/C17H26N4O3/c1-24-12-9-18-17(23)20-16(22)13-19-14-7-3-4-8-15(14)21-10-5-2-6-11-21/h3-4,7-8,19H,2,5-6,9-13H2,1H3,(H2,18,20,22,23). The van der Waals surface area contributed by atoms with E-state index >= 15 is 0 Å². The number of imide groups is 1. The summed E-state index contributed by atoms with van der Waals surface area (Å²) in [4.78, 5) is 25.7. The molecule has 24 heavy (non-hydrogen) atoms. The third-order valence-corrected chi connectivity index (χ3v) is 3.88. The van der Waals surface area contributed by atoms with Gasteiger partial charge in [-0.25, -0.2) is 4.79 Å². The lowest BCUT2D eigenvalue weighted by molar-refractivity contribution is -0.118. The molecule has 0 unspecified atom stereocenters. The van der Waals surface area contributed by atoms with Crippen LogP contribution in [-0.4, -0.2) is 51.8 Å². The first-order valence-corrected chi connectivity index (χ1v) is 8.35. The first kappa shape index (κ1) is 18.1. The third kappa shape index (κ3) is 5.73. The first-order valence-electron chi connectivity index (χ1n) is 8.35. The highest BCUT2D eigenvalue weighted by Crippen LogP contribution is 2.27. The van der Waals surface area contributed by atoms with Gasteiger partial charge in [-0.1, -0.05) is 12.1 Å². The molecule has 0 aromatic heterocycles. The smallest absolute Gasteiger partial charge is 0.321 e. The highest BCUT2D eigenvalue weighted by Gasteiger charge is 2.15. The van der Waals surface area contributed by atoms with Crippen LogP contribution in [0.2, 0.25) is 0 Å². The largest absolute Gasteiger partial charge is 0.383 e. The highest BCUT2D eigenvalue weighted by atomic mass is 16.5. The van der Waals surface area contributed by atoms with Gasteiger partial charge in [-0.3, -0.25) is 10.1 Å². The van der Waals surface area contributed by atoms with Crippen LogP contribution < -0.4 is 20.9 Å². The maximum atomic E-state index is 11.9. The van der Waals surface area contributed by atoms with E-state index < -0.39 is 6.03 Å². The number of hydrogen-bond acceptors (Lipinski definition) is 5. The van der Waals surface area contributed by atoms with Crippen molar-refractivity contribution < 1.29 is 14.3 Å². The van der Waals surface area contributed by atoms with Crippen LogP contribution in [0.5, 0.6) is 0 Å². The van der Waals surface area contributed by atoms with Gasteiger partial charge in [-0.05, 0) is 31.4 Å². The summed E-state index contributed by atoms with van der Waals surface area (Å²) in [5.74, 6) is -0.377. The Morgan fingerprint density at radius 3 is 2.67 bits per heavy atom. The Labute approximate surface area is 142 Å². The van der Waals surface area contributed by atoms with Gasteiger partial charge in [0, 0.05) is 26.7 Å². The second-order valence-electron chi connectivity index (χ2n) is 5.72. The number of para-hydroxylation sites is 2. The second kappa shape index (κ2) is 9.77. The summed E-state index contributed by atoms with van der Waals surface area (Å²) in [6.45, 7) is 2.88. The van der Waals surface area contributed by atoms with Crippen LogP contribution in [0.3, 0.4) is 0 Å². The van der Waals surface area contributed by atoms with E-state index in [1.807, 2.05) is 18.2 Å². The Hall–Kier alpha value is -2.28. The van der Waals surface area contributed by atoms with Crippen LogP contribution in [0, 0.1) is 0 Å². The van der Waals surface area contributed by atoms with E-state index in [9.17, 15) is 9.59 Å². The zero-order chi connectivity index (χ0) is 17.2. The van der Waals surface area contributed by atoms with Crippen molar-refractivity contribution in [1.82, 2.24) is 10.6 Å². The molecule has 1 fully saturated rings. The first-order chi connectivity index (χ1) is 11.7. The fourth-order valence-corrected chi connectivity index (χ4v) is 2.69. The average molecular weight is 334 g/mol. The van der Waals surface area contributed by atoms with Gasteiger partial charge >= 0.3 is 6.03 Å². The normalized spacial score (nSPS) is 14.1. The number of carbonyl (C=O) groups is 2. The number of rotatable bonds is 7. The number of urea groups is 1. The minimum absolute atomic E-state index is 0.0442. The van der Waals surface area contributed by atoms with Crippen LogP contribution in [0.1, 0.15) is 19.3 Å². The molecule has 1 aliphatic rings. The number of hydrogen-bond donors (Lipinski definition) is 3. The summed E-state index contributed by atoms with van der Waals surface area (Å²) in [5, 5.41) is 7.96. The van der Waals surface area contributed by atoms with Crippen molar-refractivity contribution in [2.45, 2.75) is 19.3 Å². The predicted octanol–water partition coefficient (Wildman–Crippen LogP) is 1.56. The second-order valence-corrected chi connectivity index (χ2v) is 5.72. The molecule has 0 aliphatic carbocycles. The molecule has 3 amide bonds. The Morgan fingerprint density at radius 1 is 1.17 bits per heavy atom. The summed E-state index contributed by atoms with van der Waals surface area (Å²) < 4.78 is 4.83. The number of anilines is 2. The molecule has 3 N–H and O–H groups in total. The number of nitrogens with zero attached hydrogens (tertiary/aromatic N) is 1. The lowest BCUT2D eigenvalue weighted by atomic mass is 10.1. The van der Waals surface area contributed by atoms with Crippen molar-refractivity contribution in [2.75, 3.05) is 50.1 Å². The number of carbonyl (C=O) groups excluding carboxylic acids is 2. The van der Waals surface area contributed by atoms with Gasteiger partial charge in [-0.15, -0.1) is 0 Å². The van der Waals surface area contributed by atoms with E-state index in [0.717, 1.165) is 24.5 Å². The number of amides is 3. The lowest BCUT2D eigenvalue weighted by Gasteiger charge is -2.30. The molecule has 1 saturated heterocycles. The number of nitrogens with one attached hydrogen (secondary N) is 3. The van der Waals surface area contributed by atoms with Crippen molar-refractivity contribution in [3.63, 3.8) is 0 Å².